The highest BCUT2D eigenvalue weighted by atomic mass is 32.2. The Kier molecular flexibility index (Phi) is 5.13. The molecule has 1 saturated heterocycles. The molecule has 3 unspecified atom stereocenters. The van der Waals surface area contributed by atoms with E-state index in [1.165, 1.54) is 11.3 Å². The fourth-order valence-corrected chi connectivity index (χ4v) is 3.79. The number of ether oxygens (including phenoxy) is 1. The first-order valence-electron chi connectivity index (χ1n) is 6.87. The number of hydrogen-bond donors (Lipinski definition) is 1. The van der Waals surface area contributed by atoms with E-state index in [1.807, 2.05) is 23.9 Å². The lowest BCUT2D eigenvalue weighted by atomic mass is 9.98. The lowest BCUT2D eigenvalue weighted by molar-refractivity contribution is 0.184. The lowest BCUT2D eigenvalue weighted by Crippen LogP contribution is -2.45. The van der Waals surface area contributed by atoms with Crippen LogP contribution in [0.1, 0.15) is 25.5 Å². The van der Waals surface area contributed by atoms with E-state index in [9.17, 15) is 0 Å². The Morgan fingerprint density at radius 1 is 1.37 bits per heavy atom. The van der Waals surface area contributed by atoms with Gasteiger partial charge in [0, 0.05) is 36.2 Å². The molecule has 1 fully saturated rings. The highest BCUT2D eigenvalue weighted by molar-refractivity contribution is 7.99. The molecule has 4 heteroatoms. The summed E-state index contributed by atoms with van der Waals surface area (Å²) in [6, 6.07) is 8.75. The number of rotatable bonds is 4. The molecule has 1 heterocycles. The molecule has 3 nitrogen and oxygen atoms in total. The Morgan fingerprint density at radius 3 is 2.58 bits per heavy atom. The molecule has 0 aliphatic carbocycles. The molecule has 2 rings (SSSR count). The van der Waals surface area contributed by atoms with Crippen molar-refractivity contribution >= 4 is 11.8 Å². The van der Waals surface area contributed by atoms with Crippen LogP contribution in [0.25, 0.3) is 0 Å². The van der Waals surface area contributed by atoms with Gasteiger partial charge in [-0.05, 0) is 24.6 Å². The Hall–Kier alpha value is -0.710. The maximum absolute atomic E-state index is 6.24. The van der Waals surface area contributed by atoms with Crippen molar-refractivity contribution in [3.8, 4) is 5.75 Å². The normalized spacial score (nSPS) is 23.9. The average Bonchev–Trinajstić information content (AvgIpc) is 2.39. The molecule has 0 aromatic heterocycles. The molecule has 1 aliphatic heterocycles. The zero-order valence-electron chi connectivity index (χ0n) is 12.0. The first kappa shape index (κ1) is 14.7. The molecule has 0 bridgehead atoms. The van der Waals surface area contributed by atoms with E-state index in [0.29, 0.717) is 11.3 Å². The number of nitrogens with two attached hydrogens (primary N) is 1. The molecular formula is C15H24N2OS. The zero-order valence-corrected chi connectivity index (χ0v) is 12.8. The van der Waals surface area contributed by atoms with Crippen LogP contribution in [0.3, 0.4) is 0 Å². The van der Waals surface area contributed by atoms with Gasteiger partial charge in [0.05, 0.1) is 7.11 Å². The zero-order chi connectivity index (χ0) is 13.8. The smallest absolute Gasteiger partial charge is 0.118 e. The summed E-state index contributed by atoms with van der Waals surface area (Å²) < 4.78 is 5.22. The summed E-state index contributed by atoms with van der Waals surface area (Å²) in [7, 11) is 1.70. The molecule has 1 aromatic rings. The second-order valence-electron chi connectivity index (χ2n) is 5.25. The largest absolute Gasteiger partial charge is 0.497 e. The number of nitrogens with zero attached hydrogens (tertiary/aromatic N) is 1. The number of methoxy groups -OCH3 is 1. The van der Waals surface area contributed by atoms with Gasteiger partial charge in [-0.15, -0.1) is 0 Å². The van der Waals surface area contributed by atoms with Crippen LogP contribution in [0.4, 0.5) is 0 Å². The molecule has 1 aliphatic rings. The maximum Gasteiger partial charge on any atom is 0.118 e. The molecule has 1 aromatic carbocycles. The van der Waals surface area contributed by atoms with Gasteiger partial charge in [0.15, 0.2) is 0 Å². The summed E-state index contributed by atoms with van der Waals surface area (Å²) in [5.41, 5.74) is 7.52. The van der Waals surface area contributed by atoms with Crippen LogP contribution in [0.2, 0.25) is 0 Å². The van der Waals surface area contributed by atoms with E-state index in [1.54, 1.807) is 7.11 Å². The van der Waals surface area contributed by atoms with Crippen molar-refractivity contribution in [1.82, 2.24) is 4.90 Å². The topological polar surface area (TPSA) is 38.5 Å². The Balaban J connectivity index is 2.18. The van der Waals surface area contributed by atoms with Gasteiger partial charge >= 0.3 is 0 Å². The van der Waals surface area contributed by atoms with Crippen molar-refractivity contribution in [2.75, 3.05) is 26.0 Å². The second-order valence-corrected chi connectivity index (χ2v) is 6.80. The van der Waals surface area contributed by atoms with Gasteiger partial charge < -0.3 is 10.5 Å². The van der Waals surface area contributed by atoms with Crippen LogP contribution in [-0.4, -0.2) is 42.1 Å². The molecule has 0 amide bonds. The van der Waals surface area contributed by atoms with Crippen molar-refractivity contribution in [1.29, 1.82) is 0 Å². The van der Waals surface area contributed by atoms with Crippen LogP contribution in [0.15, 0.2) is 24.3 Å². The summed E-state index contributed by atoms with van der Waals surface area (Å²) >= 11 is 2.05. The Labute approximate surface area is 120 Å². The minimum Gasteiger partial charge on any atom is -0.497 e. The number of thioether (sulfide) groups is 1. The van der Waals surface area contributed by atoms with Gasteiger partial charge in [0.2, 0.25) is 0 Å². The quantitative estimate of drug-likeness (QED) is 0.920. The fourth-order valence-electron chi connectivity index (χ4n) is 2.75. The molecule has 19 heavy (non-hydrogen) atoms. The van der Waals surface area contributed by atoms with E-state index in [4.69, 9.17) is 10.5 Å². The SMILES string of the molecule is COc1ccc(C(C(C)N)N2CCSC(C)C2)cc1. The van der Waals surface area contributed by atoms with Crippen LogP contribution in [0.5, 0.6) is 5.75 Å². The van der Waals surface area contributed by atoms with Crippen LogP contribution in [-0.2, 0) is 0 Å². The molecule has 0 spiro atoms. The summed E-state index contributed by atoms with van der Waals surface area (Å²) in [6.07, 6.45) is 0. The highest BCUT2D eigenvalue weighted by Crippen LogP contribution is 2.30. The Bertz CT molecular complexity index is 394. The van der Waals surface area contributed by atoms with Crippen LogP contribution < -0.4 is 10.5 Å². The first-order valence-corrected chi connectivity index (χ1v) is 7.92. The van der Waals surface area contributed by atoms with E-state index in [0.717, 1.165) is 18.8 Å². The summed E-state index contributed by atoms with van der Waals surface area (Å²) in [4.78, 5) is 2.52. The van der Waals surface area contributed by atoms with Gasteiger partial charge in [-0.3, -0.25) is 4.90 Å². The van der Waals surface area contributed by atoms with E-state index >= 15 is 0 Å². The molecule has 0 saturated carbocycles. The van der Waals surface area contributed by atoms with Crippen molar-refractivity contribution in [3.63, 3.8) is 0 Å². The summed E-state index contributed by atoms with van der Waals surface area (Å²) in [5.74, 6) is 2.09. The predicted molar refractivity (Wildman–Crippen MR) is 82.9 cm³/mol. The number of benzene rings is 1. The number of hydrogen-bond acceptors (Lipinski definition) is 4. The molecular weight excluding hydrogens is 256 g/mol. The summed E-state index contributed by atoms with van der Waals surface area (Å²) in [6.45, 7) is 6.63. The van der Waals surface area contributed by atoms with Gasteiger partial charge in [-0.1, -0.05) is 19.1 Å². The Morgan fingerprint density at radius 2 is 2.05 bits per heavy atom. The standard InChI is InChI=1S/C15H24N2OS/c1-11-10-17(8-9-19-11)15(12(2)16)13-4-6-14(18-3)7-5-13/h4-7,11-12,15H,8-10,16H2,1-3H3. The van der Waals surface area contributed by atoms with Crippen molar-refractivity contribution in [2.45, 2.75) is 31.2 Å². The van der Waals surface area contributed by atoms with Crippen LogP contribution in [0, 0.1) is 0 Å². The van der Waals surface area contributed by atoms with Crippen LogP contribution >= 0.6 is 11.8 Å². The lowest BCUT2D eigenvalue weighted by Gasteiger charge is -2.39. The molecule has 106 valence electrons. The van der Waals surface area contributed by atoms with E-state index < -0.39 is 0 Å². The molecule has 0 radical (unpaired) electrons. The van der Waals surface area contributed by atoms with Gasteiger partial charge in [0.25, 0.3) is 0 Å². The van der Waals surface area contributed by atoms with Gasteiger partial charge in [0.1, 0.15) is 5.75 Å². The monoisotopic (exact) mass is 280 g/mol. The van der Waals surface area contributed by atoms with Crippen molar-refractivity contribution in [3.05, 3.63) is 29.8 Å². The minimum absolute atomic E-state index is 0.128. The summed E-state index contributed by atoms with van der Waals surface area (Å²) in [5, 5.41) is 0.688. The average molecular weight is 280 g/mol. The van der Waals surface area contributed by atoms with Gasteiger partial charge in [-0.25, -0.2) is 0 Å². The predicted octanol–water partition coefficient (Wildman–Crippen LogP) is 2.52. The fraction of sp³-hybridized carbons (Fsp3) is 0.600. The van der Waals surface area contributed by atoms with E-state index in [-0.39, 0.29) is 6.04 Å². The second kappa shape index (κ2) is 6.64. The third-order valence-electron chi connectivity index (χ3n) is 3.62. The molecule has 2 N–H and O–H groups in total. The molecule has 3 atom stereocenters. The van der Waals surface area contributed by atoms with Gasteiger partial charge in [-0.2, -0.15) is 11.8 Å². The first-order chi connectivity index (χ1) is 9.11. The van der Waals surface area contributed by atoms with Crippen molar-refractivity contribution < 1.29 is 4.74 Å². The van der Waals surface area contributed by atoms with E-state index in [2.05, 4.69) is 30.9 Å². The van der Waals surface area contributed by atoms with Crippen molar-refractivity contribution in [2.24, 2.45) is 5.73 Å². The highest BCUT2D eigenvalue weighted by Gasteiger charge is 2.27. The third kappa shape index (κ3) is 3.65. The maximum atomic E-state index is 6.24. The third-order valence-corrected chi connectivity index (χ3v) is 4.76. The minimum atomic E-state index is 0.128.